The van der Waals surface area contributed by atoms with E-state index in [1.165, 1.54) is 6.07 Å². The number of nitrogens with zero attached hydrogens (tertiary/aromatic N) is 3. The molecule has 1 heterocycles. The zero-order valence-electron chi connectivity index (χ0n) is 11.7. The van der Waals surface area contributed by atoms with Crippen molar-refractivity contribution in [3.8, 4) is 6.07 Å². The van der Waals surface area contributed by atoms with E-state index in [9.17, 15) is 39.5 Å². The maximum Gasteiger partial charge on any atom is 0.478 e. The van der Waals surface area contributed by atoms with Crippen LogP contribution in [0.3, 0.4) is 0 Å². The van der Waals surface area contributed by atoms with Gasteiger partial charge in [-0.15, -0.1) is 5.01 Å². The highest BCUT2D eigenvalue weighted by Gasteiger charge is 2.67. The molecule has 0 aromatic heterocycles. The van der Waals surface area contributed by atoms with Crippen molar-refractivity contribution < 1.29 is 39.5 Å². The summed E-state index contributed by atoms with van der Waals surface area (Å²) >= 11 is 0. The van der Waals surface area contributed by atoms with Gasteiger partial charge in [-0.3, -0.25) is 5.01 Å². The maximum atomic E-state index is 13.2. The highest BCUT2D eigenvalue weighted by molar-refractivity contribution is 5.60. The number of benzene rings is 1. The smallest absolute Gasteiger partial charge is 0.255 e. The number of para-hydroxylation sites is 1. The number of hydrogen-bond acceptors (Lipinski definition) is 3. The second-order valence-corrected chi connectivity index (χ2v) is 4.78. The molecular formula is C13H6F9N3. The zero-order chi connectivity index (χ0) is 19.2. The summed E-state index contributed by atoms with van der Waals surface area (Å²) < 4.78 is 118. The van der Waals surface area contributed by atoms with E-state index in [4.69, 9.17) is 5.26 Å². The molecule has 0 radical (unpaired) electrons. The van der Waals surface area contributed by atoms with Crippen LogP contribution in [0.1, 0.15) is 0 Å². The molecule has 25 heavy (non-hydrogen) atoms. The fourth-order valence-corrected chi connectivity index (χ4v) is 2.37. The predicted molar refractivity (Wildman–Crippen MR) is 65.4 cm³/mol. The van der Waals surface area contributed by atoms with Crippen molar-refractivity contribution in [3.05, 3.63) is 41.6 Å². The van der Waals surface area contributed by atoms with E-state index >= 15 is 0 Å². The highest BCUT2D eigenvalue weighted by Crippen LogP contribution is 2.50. The van der Waals surface area contributed by atoms with Crippen molar-refractivity contribution >= 4 is 5.69 Å². The van der Waals surface area contributed by atoms with Gasteiger partial charge in [0.15, 0.2) is 6.04 Å². The summed E-state index contributed by atoms with van der Waals surface area (Å²) in [5.74, 6) is 0. The van der Waals surface area contributed by atoms with Crippen molar-refractivity contribution in [2.75, 3.05) is 5.01 Å². The third-order valence-electron chi connectivity index (χ3n) is 3.18. The first-order valence-electron chi connectivity index (χ1n) is 6.29. The minimum atomic E-state index is -5.94. The lowest BCUT2D eigenvalue weighted by molar-refractivity contribution is -0.295. The number of allylic oxidation sites excluding steroid dienone is 1. The third kappa shape index (κ3) is 3.37. The molecule has 1 aromatic carbocycles. The monoisotopic (exact) mass is 375 g/mol. The molecule has 0 spiro atoms. The number of alkyl halides is 9. The van der Waals surface area contributed by atoms with E-state index in [2.05, 4.69) is 0 Å². The molecule has 1 atom stereocenters. The molecular weight excluding hydrogens is 369 g/mol. The van der Waals surface area contributed by atoms with Gasteiger partial charge < -0.3 is 0 Å². The Kier molecular flexibility index (Phi) is 4.41. The average molecular weight is 375 g/mol. The molecule has 0 N–H and O–H groups in total. The molecule has 1 aliphatic heterocycles. The van der Waals surface area contributed by atoms with Gasteiger partial charge in [0.05, 0.1) is 11.3 Å². The minimum absolute atomic E-state index is 0.416. The largest absolute Gasteiger partial charge is 0.478 e. The van der Waals surface area contributed by atoms with E-state index in [1.807, 2.05) is 0 Å². The second kappa shape index (κ2) is 5.83. The minimum Gasteiger partial charge on any atom is -0.255 e. The summed E-state index contributed by atoms with van der Waals surface area (Å²) in [6, 6.07) is 1.92. The number of hydrogen-bond donors (Lipinski definition) is 0. The Hall–Kier alpha value is -2.42. The lowest BCUT2D eigenvalue weighted by Crippen LogP contribution is -2.57. The maximum absolute atomic E-state index is 13.2. The summed E-state index contributed by atoms with van der Waals surface area (Å²) in [5, 5.41) is 7.03. The Bertz CT molecular complexity index is 709. The first kappa shape index (κ1) is 18.9. The third-order valence-corrected chi connectivity index (χ3v) is 3.18. The van der Waals surface area contributed by atoms with Crippen LogP contribution in [0.2, 0.25) is 0 Å². The molecule has 1 aromatic rings. The number of rotatable bonds is 1. The quantitative estimate of drug-likeness (QED) is 0.534. The molecule has 3 nitrogen and oxygen atoms in total. The van der Waals surface area contributed by atoms with Crippen LogP contribution >= 0.6 is 0 Å². The standard InChI is InChI=1S/C13H6F9N3/c14-11(15,16)9-8(6-23)24(7-4-2-1-3-5-7)25(13(20,21)22)10(9)12(17,18)19/h1-5,10H. The molecule has 0 saturated heterocycles. The van der Waals surface area contributed by atoms with Crippen molar-refractivity contribution in [2.45, 2.75) is 24.7 Å². The first-order valence-corrected chi connectivity index (χ1v) is 6.29. The highest BCUT2D eigenvalue weighted by atomic mass is 19.4. The normalized spacial score (nSPS) is 20.2. The first-order chi connectivity index (χ1) is 11.3. The van der Waals surface area contributed by atoms with E-state index in [0.29, 0.717) is 0 Å². The van der Waals surface area contributed by atoms with Gasteiger partial charge in [0.2, 0.25) is 0 Å². The summed E-state index contributed by atoms with van der Waals surface area (Å²) in [7, 11) is 0. The molecule has 12 heteroatoms. The van der Waals surface area contributed by atoms with Crippen LogP contribution in [0.25, 0.3) is 0 Å². The Morgan fingerprint density at radius 2 is 1.40 bits per heavy atom. The molecule has 0 fully saturated rings. The molecule has 136 valence electrons. The summed E-state index contributed by atoms with van der Waals surface area (Å²) in [5.41, 5.74) is -5.09. The second-order valence-electron chi connectivity index (χ2n) is 4.78. The Balaban J connectivity index is 2.83. The predicted octanol–water partition coefficient (Wildman–Crippen LogP) is 4.51. The number of hydrazine groups is 1. The molecule has 0 bridgehead atoms. The van der Waals surface area contributed by atoms with E-state index in [-0.39, 0.29) is 0 Å². The molecule has 0 aliphatic carbocycles. The van der Waals surface area contributed by atoms with Crippen LogP contribution in [0.5, 0.6) is 0 Å². The lowest BCUT2D eigenvalue weighted by atomic mass is 10.1. The van der Waals surface area contributed by atoms with Gasteiger partial charge in [-0.05, 0) is 12.1 Å². The Morgan fingerprint density at radius 1 is 0.880 bits per heavy atom. The van der Waals surface area contributed by atoms with Crippen LogP contribution in [-0.2, 0) is 0 Å². The van der Waals surface area contributed by atoms with Gasteiger partial charge >= 0.3 is 18.7 Å². The van der Waals surface area contributed by atoms with Crippen molar-refractivity contribution in [1.29, 1.82) is 5.26 Å². The van der Waals surface area contributed by atoms with Crippen molar-refractivity contribution in [2.24, 2.45) is 0 Å². The van der Waals surface area contributed by atoms with Crippen LogP contribution in [0, 0.1) is 11.3 Å². The van der Waals surface area contributed by atoms with Crippen molar-refractivity contribution in [3.63, 3.8) is 0 Å². The molecule has 0 saturated carbocycles. The average Bonchev–Trinajstić information content (AvgIpc) is 2.83. The lowest BCUT2D eigenvalue weighted by Gasteiger charge is -2.36. The van der Waals surface area contributed by atoms with Gasteiger partial charge in [0, 0.05) is 0 Å². The topological polar surface area (TPSA) is 30.3 Å². The fourth-order valence-electron chi connectivity index (χ4n) is 2.37. The van der Waals surface area contributed by atoms with Gasteiger partial charge in [-0.2, -0.15) is 44.8 Å². The van der Waals surface area contributed by atoms with E-state index in [1.54, 1.807) is 0 Å². The molecule has 0 amide bonds. The zero-order valence-corrected chi connectivity index (χ0v) is 11.7. The van der Waals surface area contributed by atoms with Crippen LogP contribution in [0.4, 0.5) is 45.2 Å². The van der Waals surface area contributed by atoms with Crippen molar-refractivity contribution in [1.82, 2.24) is 5.01 Å². The van der Waals surface area contributed by atoms with Gasteiger partial charge in [0.1, 0.15) is 11.8 Å². The van der Waals surface area contributed by atoms with E-state index < -0.39 is 51.7 Å². The van der Waals surface area contributed by atoms with Crippen LogP contribution in [-0.4, -0.2) is 29.7 Å². The summed E-state index contributed by atoms with van der Waals surface area (Å²) in [4.78, 5) is 0. The SMILES string of the molecule is N#CC1=C(C(F)(F)F)C(C(F)(F)F)N(C(F)(F)F)N1c1ccccc1. The molecule has 1 aliphatic rings. The Labute approximate surface area is 134 Å². The van der Waals surface area contributed by atoms with Gasteiger partial charge in [0.25, 0.3) is 0 Å². The van der Waals surface area contributed by atoms with E-state index in [0.717, 1.165) is 30.3 Å². The van der Waals surface area contributed by atoms with Crippen LogP contribution in [0.15, 0.2) is 41.6 Å². The fraction of sp³-hybridized carbons (Fsp3) is 0.308. The number of anilines is 1. The summed E-state index contributed by atoms with van der Waals surface area (Å²) in [6.45, 7) is 0. The molecule has 1 unspecified atom stereocenters. The number of halogens is 9. The summed E-state index contributed by atoms with van der Waals surface area (Å²) in [6.07, 6.45) is -17.6. The molecule has 2 rings (SSSR count). The number of nitriles is 1. The van der Waals surface area contributed by atoms with Gasteiger partial charge in [-0.1, -0.05) is 18.2 Å². The van der Waals surface area contributed by atoms with Crippen LogP contribution < -0.4 is 5.01 Å². The Morgan fingerprint density at radius 3 is 1.76 bits per heavy atom. The van der Waals surface area contributed by atoms with Gasteiger partial charge in [-0.25, -0.2) is 0 Å².